The first-order valence-corrected chi connectivity index (χ1v) is 6.91. The highest BCUT2D eigenvalue weighted by molar-refractivity contribution is 5.82. The van der Waals surface area contributed by atoms with Crippen molar-refractivity contribution in [1.82, 2.24) is 4.57 Å². The lowest BCUT2D eigenvalue weighted by atomic mass is 10.1. The van der Waals surface area contributed by atoms with Gasteiger partial charge in [-0.1, -0.05) is 19.1 Å². The molecule has 0 radical (unpaired) electrons. The molecule has 0 atom stereocenters. The van der Waals surface area contributed by atoms with Gasteiger partial charge in [-0.3, -0.25) is 4.99 Å². The van der Waals surface area contributed by atoms with Gasteiger partial charge in [-0.2, -0.15) is 0 Å². The van der Waals surface area contributed by atoms with Crippen LogP contribution in [-0.4, -0.2) is 10.8 Å². The topological polar surface area (TPSA) is 17.3 Å². The predicted molar refractivity (Wildman–Crippen MR) is 82.6 cm³/mol. The predicted octanol–water partition coefficient (Wildman–Crippen LogP) is 4.69. The van der Waals surface area contributed by atoms with Crippen molar-refractivity contribution >= 4 is 11.9 Å². The Morgan fingerprint density at radius 1 is 1.21 bits per heavy atom. The summed E-state index contributed by atoms with van der Waals surface area (Å²) in [6.07, 6.45) is 5.16. The molecule has 2 aromatic rings. The first kappa shape index (κ1) is 13.6. The van der Waals surface area contributed by atoms with E-state index in [0.717, 1.165) is 17.7 Å². The Balaban J connectivity index is 2.15. The van der Waals surface area contributed by atoms with Gasteiger partial charge in [0.1, 0.15) is 0 Å². The van der Waals surface area contributed by atoms with E-state index in [0.29, 0.717) is 6.04 Å². The van der Waals surface area contributed by atoms with Crippen LogP contribution in [-0.2, 0) is 6.42 Å². The lowest BCUT2D eigenvalue weighted by Gasteiger charge is -2.08. The summed E-state index contributed by atoms with van der Waals surface area (Å²) in [7, 11) is 0. The zero-order valence-corrected chi connectivity index (χ0v) is 12.2. The van der Waals surface area contributed by atoms with Gasteiger partial charge in [-0.15, -0.1) is 0 Å². The fourth-order valence-electron chi connectivity index (χ4n) is 2.21. The minimum Gasteiger partial charge on any atom is -0.349 e. The van der Waals surface area contributed by atoms with E-state index in [1.807, 2.05) is 6.21 Å². The molecule has 0 N–H and O–H groups in total. The largest absolute Gasteiger partial charge is 0.349 e. The molecule has 0 spiro atoms. The summed E-state index contributed by atoms with van der Waals surface area (Å²) < 4.78 is 2.27. The highest BCUT2D eigenvalue weighted by Gasteiger charge is 2.03. The molecule has 2 heteroatoms. The lowest BCUT2D eigenvalue weighted by molar-refractivity contribution is 0.589. The van der Waals surface area contributed by atoms with Crippen LogP contribution in [0.2, 0.25) is 0 Å². The molecule has 2 rings (SSSR count). The summed E-state index contributed by atoms with van der Waals surface area (Å²) in [5.74, 6) is 0. The molecule has 2 nitrogen and oxygen atoms in total. The van der Waals surface area contributed by atoms with Crippen LogP contribution in [0.25, 0.3) is 0 Å². The zero-order valence-electron chi connectivity index (χ0n) is 12.2. The molecule has 0 aliphatic heterocycles. The highest BCUT2D eigenvalue weighted by atomic mass is 15.0. The van der Waals surface area contributed by atoms with Crippen molar-refractivity contribution in [3.8, 4) is 0 Å². The van der Waals surface area contributed by atoms with Crippen LogP contribution >= 0.6 is 0 Å². The Kier molecular flexibility index (Phi) is 4.20. The van der Waals surface area contributed by atoms with Crippen LogP contribution in [0.3, 0.4) is 0 Å². The third kappa shape index (κ3) is 3.34. The van der Waals surface area contributed by atoms with Crippen LogP contribution in [0.4, 0.5) is 5.69 Å². The first-order valence-electron chi connectivity index (χ1n) is 6.91. The Bertz CT molecular complexity index is 559. The molecule has 0 fully saturated rings. The Morgan fingerprint density at radius 3 is 2.42 bits per heavy atom. The summed E-state index contributed by atoms with van der Waals surface area (Å²) in [5.41, 5.74) is 4.79. The molecule has 0 bridgehead atoms. The second-order valence-corrected chi connectivity index (χ2v) is 5.19. The Hall–Kier alpha value is -1.83. The molecule has 0 amide bonds. The van der Waals surface area contributed by atoms with Crippen molar-refractivity contribution in [3.05, 3.63) is 53.3 Å². The van der Waals surface area contributed by atoms with E-state index in [1.165, 1.54) is 11.3 Å². The van der Waals surface area contributed by atoms with E-state index >= 15 is 0 Å². The lowest BCUT2D eigenvalue weighted by Crippen LogP contribution is -2.00. The average Bonchev–Trinajstić information content (AvgIpc) is 2.78. The van der Waals surface area contributed by atoms with Gasteiger partial charge in [0.2, 0.25) is 0 Å². The average molecular weight is 254 g/mol. The van der Waals surface area contributed by atoms with Gasteiger partial charge in [-0.05, 0) is 51.0 Å². The summed E-state index contributed by atoms with van der Waals surface area (Å²) in [6, 6.07) is 11.1. The van der Waals surface area contributed by atoms with Gasteiger partial charge in [0, 0.05) is 29.7 Å². The minimum atomic E-state index is 0.492. The van der Waals surface area contributed by atoms with Gasteiger partial charge >= 0.3 is 0 Å². The number of rotatable bonds is 4. The second-order valence-electron chi connectivity index (χ2n) is 5.19. The maximum Gasteiger partial charge on any atom is 0.0630 e. The maximum absolute atomic E-state index is 4.53. The Morgan fingerprint density at radius 2 is 1.89 bits per heavy atom. The summed E-state index contributed by atoms with van der Waals surface area (Å²) in [4.78, 5) is 4.53. The van der Waals surface area contributed by atoms with Crippen molar-refractivity contribution in [2.24, 2.45) is 4.99 Å². The van der Waals surface area contributed by atoms with E-state index < -0.39 is 0 Å². The molecule has 1 heterocycles. The molecule has 0 saturated carbocycles. The minimum absolute atomic E-state index is 0.492. The molecule has 0 aliphatic carbocycles. The van der Waals surface area contributed by atoms with Crippen LogP contribution < -0.4 is 0 Å². The van der Waals surface area contributed by atoms with Crippen molar-refractivity contribution in [3.63, 3.8) is 0 Å². The summed E-state index contributed by atoms with van der Waals surface area (Å²) in [6.45, 7) is 8.68. The second kappa shape index (κ2) is 5.87. The molecular formula is C17H22N2. The molecule has 19 heavy (non-hydrogen) atoms. The van der Waals surface area contributed by atoms with Crippen LogP contribution in [0.1, 0.15) is 43.6 Å². The number of aryl methyl sites for hydroxylation is 2. The molecule has 100 valence electrons. The third-order valence-electron chi connectivity index (χ3n) is 3.33. The quantitative estimate of drug-likeness (QED) is 0.704. The van der Waals surface area contributed by atoms with Crippen molar-refractivity contribution in [1.29, 1.82) is 0 Å². The van der Waals surface area contributed by atoms with Crippen LogP contribution in [0.5, 0.6) is 0 Å². The normalized spacial score (nSPS) is 11.6. The summed E-state index contributed by atoms with van der Waals surface area (Å²) >= 11 is 0. The van der Waals surface area contributed by atoms with E-state index in [1.54, 1.807) is 0 Å². The number of aromatic nitrogens is 1. The van der Waals surface area contributed by atoms with Crippen molar-refractivity contribution in [2.45, 2.75) is 40.2 Å². The number of hydrogen-bond donors (Lipinski definition) is 0. The van der Waals surface area contributed by atoms with Gasteiger partial charge in [-0.25, -0.2) is 0 Å². The molecule has 0 aliphatic rings. The van der Waals surface area contributed by atoms with Gasteiger partial charge in [0.25, 0.3) is 0 Å². The maximum atomic E-state index is 4.53. The fourth-order valence-corrected chi connectivity index (χ4v) is 2.21. The van der Waals surface area contributed by atoms with Gasteiger partial charge < -0.3 is 4.57 Å². The van der Waals surface area contributed by atoms with Gasteiger partial charge in [0.15, 0.2) is 0 Å². The number of nitrogens with zero attached hydrogens (tertiary/aromatic N) is 2. The standard InChI is InChI=1S/C17H22N2/c1-5-15-6-8-17(9-7-15)18-11-16-10-14(4)19(12-16)13(2)3/h6-13H,5H2,1-4H3. The third-order valence-corrected chi connectivity index (χ3v) is 3.33. The Labute approximate surface area is 115 Å². The molecule has 1 aromatic carbocycles. The van der Waals surface area contributed by atoms with E-state index in [9.17, 15) is 0 Å². The SMILES string of the molecule is CCc1ccc(N=Cc2cc(C)n(C(C)C)c2)cc1. The highest BCUT2D eigenvalue weighted by Crippen LogP contribution is 2.16. The molecule has 0 saturated heterocycles. The van der Waals surface area contributed by atoms with E-state index in [2.05, 4.69) is 73.8 Å². The number of hydrogen-bond acceptors (Lipinski definition) is 1. The fraction of sp³-hybridized carbons (Fsp3) is 0.353. The number of aliphatic imine (C=N–C) groups is 1. The molecule has 0 unspecified atom stereocenters. The van der Waals surface area contributed by atoms with Crippen LogP contribution in [0, 0.1) is 6.92 Å². The van der Waals surface area contributed by atoms with Gasteiger partial charge in [0.05, 0.1) is 5.69 Å². The smallest absolute Gasteiger partial charge is 0.0630 e. The van der Waals surface area contributed by atoms with Crippen molar-refractivity contribution in [2.75, 3.05) is 0 Å². The monoisotopic (exact) mass is 254 g/mol. The molecule has 1 aromatic heterocycles. The van der Waals surface area contributed by atoms with E-state index in [-0.39, 0.29) is 0 Å². The first-order chi connectivity index (χ1) is 9.10. The molecular weight excluding hydrogens is 232 g/mol. The van der Waals surface area contributed by atoms with Crippen LogP contribution in [0.15, 0.2) is 41.5 Å². The van der Waals surface area contributed by atoms with E-state index in [4.69, 9.17) is 0 Å². The summed E-state index contributed by atoms with van der Waals surface area (Å²) in [5, 5.41) is 0. The van der Waals surface area contributed by atoms with Crippen molar-refractivity contribution < 1.29 is 0 Å². The zero-order chi connectivity index (χ0) is 13.8. The number of benzene rings is 1.